The lowest BCUT2D eigenvalue weighted by atomic mass is 10.1. The van der Waals surface area contributed by atoms with Gasteiger partial charge in [-0.2, -0.15) is 0 Å². The summed E-state index contributed by atoms with van der Waals surface area (Å²) in [7, 11) is 0. The second kappa shape index (κ2) is 5.93. The van der Waals surface area contributed by atoms with E-state index in [9.17, 15) is 4.39 Å². The molecule has 0 amide bonds. The van der Waals surface area contributed by atoms with Crippen LogP contribution < -0.4 is 5.73 Å². The van der Waals surface area contributed by atoms with Crippen LogP contribution in [0.25, 0.3) is 0 Å². The molecule has 0 saturated carbocycles. The van der Waals surface area contributed by atoms with Crippen molar-refractivity contribution in [2.24, 2.45) is 5.73 Å². The van der Waals surface area contributed by atoms with E-state index < -0.39 is 5.82 Å². The smallest absolute Gasteiger partial charge is 0.123 e. The van der Waals surface area contributed by atoms with Gasteiger partial charge in [0.25, 0.3) is 0 Å². The molecule has 1 heterocycles. The number of nitrogens with two attached hydrogens (primary N) is 1. The van der Waals surface area contributed by atoms with Gasteiger partial charge in [-0.25, -0.2) is 4.39 Å². The molecule has 1 aromatic rings. The highest BCUT2D eigenvalue weighted by molar-refractivity contribution is 5.96. The van der Waals surface area contributed by atoms with E-state index >= 15 is 0 Å². The van der Waals surface area contributed by atoms with Gasteiger partial charge in [0, 0.05) is 18.8 Å². The monoisotopic (exact) mass is 252 g/mol. The fraction of sp³-hybridized carbons (Fsp3) is 0.462. The summed E-state index contributed by atoms with van der Waals surface area (Å²) in [6.07, 6.45) is 1.91. The molecule has 1 aromatic carbocycles. The summed E-state index contributed by atoms with van der Waals surface area (Å²) in [6, 6.07) is 4.24. The summed E-state index contributed by atoms with van der Waals surface area (Å²) in [5.41, 5.74) is 6.58. The van der Waals surface area contributed by atoms with Crippen molar-refractivity contribution >= 4 is 5.84 Å². The molecule has 3 N–H and O–H groups in total. The zero-order valence-corrected chi connectivity index (χ0v) is 10.1. The Morgan fingerprint density at radius 1 is 1.44 bits per heavy atom. The van der Waals surface area contributed by atoms with E-state index in [1.54, 1.807) is 6.07 Å². The predicted molar refractivity (Wildman–Crippen MR) is 66.0 cm³/mol. The Labute approximate surface area is 105 Å². The standard InChI is InChI=1S/C13H17FN2O2/c14-10-2-1-9(12(7-10)13(15)16)8-18-11-3-5-17-6-4-11/h1-2,7,11H,3-6,8H2,(H3,15,16). The van der Waals surface area contributed by atoms with Crippen molar-refractivity contribution in [3.63, 3.8) is 0 Å². The van der Waals surface area contributed by atoms with E-state index in [0.29, 0.717) is 25.4 Å². The Hall–Kier alpha value is -1.46. The minimum absolute atomic E-state index is 0.139. The molecular formula is C13H17FN2O2. The lowest BCUT2D eigenvalue weighted by Crippen LogP contribution is -2.24. The molecule has 1 saturated heterocycles. The molecule has 0 aliphatic carbocycles. The summed E-state index contributed by atoms with van der Waals surface area (Å²) < 4.78 is 24.1. The third-order valence-corrected chi connectivity index (χ3v) is 3.00. The zero-order valence-electron chi connectivity index (χ0n) is 10.1. The minimum Gasteiger partial charge on any atom is -0.384 e. The number of halogens is 1. The van der Waals surface area contributed by atoms with E-state index in [4.69, 9.17) is 20.6 Å². The van der Waals surface area contributed by atoms with Gasteiger partial charge in [-0.05, 0) is 30.5 Å². The first-order valence-electron chi connectivity index (χ1n) is 5.99. The number of nitrogen functional groups attached to an aromatic ring is 1. The van der Waals surface area contributed by atoms with Gasteiger partial charge >= 0.3 is 0 Å². The maximum atomic E-state index is 13.1. The van der Waals surface area contributed by atoms with Crippen LogP contribution in [0.15, 0.2) is 18.2 Å². The largest absolute Gasteiger partial charge is 0.384 e. The van der Waals surface area contributed by atoms with E-state index in [0.717, 1.165) is 18.4 Å². The lowest BCUT2D eigenvalue weighted by Gasteiger charge is -2.22. The molecule has 0 spiro atoms. The minimum atomic E-state index is -0.394. The van der Waals surface area contributed by atoms with Crippen LogP contribution in [0.3, 0.4) is 0 Å². The van der Waals surface area contributed by atoms with Gasteiger partial charge in [0.2, 0.25) is 0 Å². The third-order valence-electron chi connectivity index (χ3n) is 3.00. The molecule has 98 valence electrons. The van der Waals surface area contributed by atoms with Crippen molar-refractivity contribution in [3.05, 3.63) is 35.1 Å². The van der Waals surface area contributed by atoms with Gasteiger partial charge in [0.1, 0.15) is 11.7 Å². The van der Waals surface area contributed by atoms with Crippen LogP contribution in [0.2, 0.25) is 0 Å². The summed E-state index contributed by atoms with van der Waals surface area (Å²) in [5.74, 6) is -0.532. The maximum Gasteiger partial charge on any atom is 0.123 e. The first kappa shape index (κ1) is 13.0. The Morgan fingerprint density at radius 3 is 2.83 bits per heavy atom. The molecule has 0 bridgehead atoms. The van der Waals surface area contributed by atoms with Crippen LogP contribution in [0, 0.1) is 11.2 Å². The highest BCUT2D eigenvalue weighted by atomic mass is 19.1. The SMILES string of the molecule is N=C(N)c1cc(F)ccc1COC1CCOCC1. The average molecular weight is 252 g/mol. The van der Waals surface area contributed by atoms with Gasteiger partial charge in [-0.3, -0.25) is 5.41 Å². The van der Waals surface area contributed by atoms with Gasteiger partial charge < -0.3 is 15.2 Å². The summed E-state index contributed by atoms with van der Waals surface area (Å²) in [5, 5.41) is 7.43. The second-order valence-electron chi connectivity index (χ2n) is 4.34. The van der Waals surface area contributed by atoms with Crippen molar-refractivity contribution in [2.45, 2.75) is 25.6 Å². The molecule has 4 nitrogen and oxygen atoms in total. The van der Waals surface area contributed by atoms with E-state index in [-0.39, 0.29) is 11.9 Å². The summed E-state index contributed by atoms with van der Waals surface area (Å²) >= 11 is 0. The van der Waals surface area contributed by atoms with Crippen LogP contribution >= 0.6 is 0 Å². The van der Waals surface area contributed by atoms with Crippen molar-refractivity contribution in [1.29, 1.82) is 5.41 Å². The Morgan fingerprint density at radius 2 is 2.17 bits per heavy atom. The first-order chi connectivity index (χ1) is 8.66. The molecular weight excluding hydrogens is 235 g/mol. The van der Waals surface area contributed by atoms with Crippen LogP contribution in [0.1, 0.15) is 24.0 Å². The number of ether oxygens (including phenoxy) is 2. The molecule has 2 rings (SSSR count). The van der Waals surface area contributed by atoms with Gasteiger partial charge in [-0.15, -0.1) is 0 Å². The lowest BCUT2D eigenvalue weighted by molar-refractivity contribution is -0.0391. The van der Waals surface area contributed by atoms with Crippen molar-refractivity contribution in [1.82, 2.24) is 0 Å². The molecule has 1 aliphatic heterocycles. The molecule has 5 heteroatoms. The Balaban J connectivity index is 2.01. The average Bonchev–Trinajstić information content (AvgIpc) is 2.38. The van der Waals surface area contributed by atoms with Crippen molar-refractivity contribution < 1.29 is 13.9 Å². The molecule has 1 fully saturated rings. The number of rotatable bonds is 4. The topological polar surface area (TPSA) is 68.3 Å². The number of hydrogen-bond acceptors (Lipinski definition) is 3. The van der Waals surface area contributed by atoms with E-state index in [2.05, 4.69) is 0 Å². The van der Waals surface area contributed by atoms with Gasteiger partial charge in [-0.1, -0.05) is 6.07 Å². The second-order valence-corrected chi connectivity index (χ2v) is 4.34. The molecule has 0 unspecified atom stereocenters. The summed E-state index contributed by atoms with van der Waals surface area (Å²) in [4.78, 5) is 0. The van der Waals surface area contributed by atoms with Crippen LogP contribution in [-0.2, 0) is 16.1 Å². The van der Waals surface area contributed by atoms with Crippen LogP contribution in [0.5, 0.6) is 0 Å². The van der Waals surface area contributed by atoms with Gasteiger partial charge in [0.15, 0.2) is 0 Å². The van der Waals surface area contributed by atoms with Crippen molar-refractivity contribution in [2.75, 3.05) is 13.2 Å². The molecule has 0 aromatic heterocycles. The number of nitrogens with one attached hydrogen (secondary N) is 1. The Bertz CT molecular complexity index is 431. The van der Waals surface area contributed by atoms with E-state index in [1.165, 1.54) is 12.1 Å². The quantitative estimate of drug-likeness (QED) is 0.634. The Kier molecular flexibility index (Phi) is 4.28. The fourth-order valence-electron chi connectivity index (χ4n) is 1.98. The molecule has 1 aliphatic rings. The molecule has 18 heavy (non-hydrogen) atoms. The normalized spacial score (nSPS) is 16.7. The zero-order chi connectivity index (χ0) is 13.0. The molecule has 0 atom stereocenters. The number of benzene rings is 1. The number of hydrogen-bond donors (Lipinski definition) is 2. The van der Waals surface area contributed by atoms with Gasteiger partial charge in [0.05, 0.1) is 12.7 Å². The fourth-order valence-corrected chi connectivity index (χ4v) is 1.98. The first-order valence-corrected chi connectivity index (χ1v) is 5.99. The van der Waals surface area contributed by atoms with Crippen LogP contribution in [-0.4, -0.2) is 25.2 Å². The van der Waals surface area contributed by atoms with Crippen molar-refractivity contribution in [3.8, 4) is 0 Å². The molecule has 0 radical (unpaired) electrons. The van der Waals surface area contributed by atoms with E-state index in [1.807, 2.05) is 0 Å². The highest BCUT2D eigenvalue weighted by Crippen LogP contribution is 2.16. The third kappa shape index (κ3) is 3.27. The number of amidine groups is 1. The maximum absolute atomic E-state index is 13.1. The highest BCUT2D eigenvalue weighted by Gasteiger charge is 2.15. The predicted octanol–water partition coefficient (Wildman–Crippen LogP) is 1.81. The van der Waals surface area contributed by atoms with Crippen LogP contribution in [0.4, 0.5) is 4.39 Å². The summed E-state index contributed by atoms with van der Waals surface area (Å²) in [6.45, 7) is 1.78.